The molecule has 0 saturated carbocycles. The monoisotopic (exact) mass is 367 g/mol. The first-order valence-corrected chi connectivity index (χ1v) is 8.52. The maximum Gasteiger partial charge on any atom is 0.230 e. The van der Waals surface area contributed by atoms with Gasteiger partial charge in [-0.05, 0) is 38.1 Å². The first kappa shape index (κ1) is 17.1. The summed E-state index contributed by atoms with van der Waals surface area (Å²) < 4.78 is 31.6. The first-order valence-electron chi connectivity index (χ1n) is 8.52. The van der Waals surface area contributed by atoms with Gasteiger partial charge in [0.05, 0.1) is 24.6 Å². The van der Waals surface area contributed by atoms with Crippen molar-refractivity contribution < 1.29 is 18.6 Å². The summed E-state index contributed by atoms with van der Waals surface area (Å²) in [6, 6.07) is 8.58. The number of rotatable bonds is 5. The van der Waals surface area contributed by atoms with Crippen molar-refractivity contribution in [1.29, 1.82) is 0 Å². The van der Waals surface area contributed by atoms with E-state index in [1.807, 2.05) is 13.8 Å². The van der Waals surface area contributed by atoms with E-state index < -0.39 is 5.82 Å². The lowest BCUT2D eigenvalue weighted by Gasteiger charge is -2.12. The minimum absolute atomic E-state index is 0.0920. The lowest BCUT2D eigenvalue weighted by molar-refractivity contribution is 0.311. The molecule has 0 radical (unpaired) electrons. The highest BCUT2D eigenvalue weighted by atomic mass is 19.1. The molecule has 138 valence electrons. The van der Waals surface area contributed by atoms with Crippen LogP contribution < -0.4 is 14.2 Å². The molecule has 2 aromatic carbocycles. The molecule has 0 amide bonds. The Labute approximate surface area is 154 Å². The van der Waals surface area contributed by atoms with Crippen LogP contribution in [-0.4, -0.2) is 28.7 Å². The molecule has 2 aromatic heterocycles. The van der Waals surface area contributed by atoms with Gasteiger partial charge in [0.1, 0.15) is 6.33 Å². The summed E-state index contributed by atoms with van der Waals surface area (Å²) >= 11 is 0. The predicted octanol–water partition coefficient (Wildman–Crippen LogP) is 4.76. The highest BCUT2D eigenvalue weighted by Crippen LogP contribution is 2.37. The van der Waals surface area contributed by atoms with Gasteiger partial charge < -0.3 is 19.2 Å². The number of aromatic nitrogens is 3. The summed E-state index contributed by atoms with van der Waals surface area (Å²) in [6.07, 6.45) is 1.37. The van der Waals surface area contributed by atoms with Crippen LogP contribution in [-0.2, 0) is 0 Å². The molecule has 2 heterocycles. The minimum atomic E-state index is -0.443. The van der Waals surface area contributed by atoms with E-state index in [1.165, 1.54) is 6.33 Å². The zero-order valence-electron chi connectivity index (χ0n) is 15.2. The van der Waals surface area contributed by atoms with Crippen LogP contribution >= 0.6 is 0 Å². The number of H-pyrrole nitrogens is 1. The Morgan fingerprint density at radius 3 is 2.67 bits per heavy atom. The van der Waals surface area contributed by atoms with Gasteiger partial charge in [-0.2, -0.15) is 0 Å². The van der Waals surface area contributed by atoms with Crippen molar-refractivity contribution in [2.75, 3.05) is 13.7 Å². The molecule has 0 fully saturated rings. The highest BCUT2D eigenvalue weighted by molar-refractivity contribution is 5.87. The quantitative estimate of drug-likeness (QED) is 0.551. The molecule has 6 nitrogen and oxygen atoms in total. The molecule has 0 bridgehead atoms. The van der Waals surface area contributed by atoms with Crippen molar-refractivity contribution >= 4 is 21.8 Å². The molecular formula is C20H18FN3O3. The fraction of sp³-hybridized carbons (Fsp3) is 0.200. The smallest absolute Gasteiger partial charge is 0.230 e. The van der Waals surface area contributed by atoms with Gasteiger partial charge in [-0.1, -0.05) is 0 Å². The van der Waals surface area contributed by atoms with Crippen LogP contribution in [0.2, 0.25) is 0 Å². The summed E-state index contributed by atoms with van der Waals surface area (Å²) in [5.74, 6) is 0.997. The number of nitrogens with one attached hydrogen (secondary N) is 1. The van der Waals surface area contributed by atoms with Gasteiger partial charge in [-0.15, -0.1) is 0 Å². The highest BCUT2D eigenvalue weighted by Gasteiger charge is 2.16. The van der Waals surface area contributed by atoms with Crippen LogP contribution in [0.15, 0.2) is 36.7 Å². The summed E-state index contributed by atoms with van der Waals surface area (Å²) in [7, 11) is 1.55. The molecule has 0 aliphatic carbocycles. The van der Waals surface area contributed by atoms with E-state index in [2.05, 4.69) is 15.0 Å². The number of aryl methyl sites for hydroxylation is 1. The number of aromatic amines is 1. The van der Waals surface area contributed by atoms with E-state index in [4.69, 9.17) is 14.2 Å². The molecule has 0 atom stereocenters. The van der Waals surface area contributed by atoms with Gasteiger partial charge in [-0.25, -0.2) is 14.4 Å². The van der Waals surface area contributed by atoms with Crippen LogP contribution in [0.1, 0.15) is 12.6 Å². The minimum Gasteiger partial charge on any atom is -0.493 e. The van der Waals surface area contributed by atoms with Crippen molar-refractivity contribution in [2.45, 2.75) is 13.8 Å². The Balaban J connectivity index is 1.81. The third kappa shape index (κ3) is 3.01. The van der Waals surface area contributed by atoms with Crippen LogP contribution in [0.5, 0.6) is 23.1 Å². The van der Waals surface area contributed by atoms with Gasteiger partial charge in [0.15, 0.2) is 23.1 Å². The van der Waals surface area contributed by atoms with E-state index >= 15 is 0 Å². The zero-order valence-corrected chi connectivity index (χ0v) is 15.2. The lowest BCUT2D eigenvalue weighted by atomic mass is 10.2. The number of halogens is 1. The Morgan fingerprint density at radius 2 is 1.89 bits per heavy atom. The lowest BCUT2D eigenvalue weighted by Crippen LogP contribution is -1.98. The van der Waals surface area contributed by atoms with Crippen molar-refractivity contribution in [1.82, 2.24) is 15.0 Å². The average Bonchev–Trinajstić information content (AvgIpc) is 3.05. The van der Waals surface area contributed by atoms with Crippen LogP contribution in [0.25, 0.3) is 21.8 Å². The molecule has 0 unspecified atom stereocenters. The number of ether oxygens (including phenoxy) is 3. The molecule has 7 heteroatoms. The van der Waals surface area contributed by atoms with Gasteiger partial charge >= 0.3 is 0 Å². The van der Waals surface area contributed by atoms with Gasteiger partial charge in [0.25, 0.3) is 0 Å². The van der Waals surface area contributed by atoms with Crippen molar-refractivity contribution in [3.63, 3.8) is 0 Å². The summed E-state index contributed by atoms with van der Waals surface area (Å²) in [4.78, 5) is 11.5. The number of nitrogens with zero attached hydrogens (tertiary/aromatic N) is 2. The molecule has 4 aromatic rings. The van der Waals surface area contributed by atoms with E-state index in [1.54, 1.807) is 37.4 Å². The first-order chi connectivity index (χ1) is 13.1. The molecule has 0 spiro atoms. The second kappa shape index (κ2) is 6.75. The number of methoxy groups -OCH3 is 1. The van der Waals surface area contributed by atoms with Crippen molar-refractivity contribution in [3.8, 4) is 23.1 Å². The van der Waals surface area contributed by atoms with Crippen LogP contribution in [0.3, 0.4) is 0 Å². The van der Waals surface area contributed by atoms with Gasteiger partial charge in [-0.3, -0.25) is 0 Å². The third-order valence-electron chi connectivity index (χ3n) is 4.23. The third-order valence-corrected chi connectivity index (χ3v) is 4.23. The zero-order chi connectivity index (χ0) is 19.0. The number of benzene rings is 2. The molecular weight excluding hydrogens is 349 g/mol. The molecule has 4 rings (SSSR count). The molecule has 0 aliphatic rings. The largest absolute Gasteiger partial charge is 0.493 e. The van der Waals surface area contributed by atoms with Crippen LogP contribution in [0, 0.1) is 12.7 Å². The van der Waals surface area contributed by atoms with E-state index in [-0.39, 0.29) is 11.6 Å². The Kier molecular flexibility index (Phi) is 4.27. The summed E-state index contributed by atoms with van der Waals surface area (Å²) in [5.41, 5.74) is 2.21. The normalized spacial score (nSPS) is 11.1. The Bertz CT molecular complexity index is 1140. The second-order valence-corrected chi connectivity index (χ2v) is 6.03. The van der Waals surface area contributed by atoms with Gasteiger partial charge in [0.2, 0.25) is 5.88 Å². The number of hydrogen-bond donors (Lipinski definition) is 1. The topological polar surface area (TPSA) is 69.3 Å². The SMILES string of the molecule is CCOc1cc2ncnc(Oc3ccc4[nH]c(C)cc4c3F)c2cc1OC. The van der Waals surface area contributed by atoms with Crippen molar-refractivity contribution in [3.05, 3.63) is 48.2 Å². The fourth-order valence-corrected chi connectivity index (χ4v) is 3.02. The molecule has 1 N–H and O–H groups in total. The Hall–Kier alpha value is -3.35. The summed E-state index contributed by atoms with van der Waals surface area (Å²) in [5, 5.41) is 1.07. The number of fused-ring (bicyclic) bond motifs is 2. The van der Waals surface area contributed by atoms with E-state index in [0.29, 0.717) is 39.9 Å². The predicted molar refractivity (Wildman–Crippen MR) is 100 cm³/mol. The second-order valence-electron chi connectivity index (χ2n) is 6.03. The summed E-state index contributed by atoms with van der Waals surface area (Å²) in [6.45, 7) is 4.26. The molecule has 0 aliphatic heterocycles. The van der Waals surface area contributed by atoms with Crippen molar-refractivity contribution in [2.24, 2.45) is 0 Å². The standard InChI is InChI=1S/C20H18FN3O3/c1-4-26-18-9-15-13(8-17(18)25-3)20(23-10-22-15)27-16-6-5-14-12(19(16)21)7-11(2)24-14/h5-10,24H,4H2,1-3H3. The Morgan fingerprint density at radius 1 is 1.04 bits per heavy atom. The van der Waals surface area contributed by atoms with Gasteiger partial charge in [0, 0.05) is 22.7 Å². The van der Waals surface area contributed by atoms with Crippen LogP contribution in [0.4, 0.5) is 4.39 Å². The maximum absolute atomic E-state index is 14.8. The van der Waals surface area contributed by atoms with E-state index in [0.717, 1.165) is 5.69 Å². The van der Waals surface area contributed by atoms with E-state index in [9.17, 15) is 4.39 Å². The number of hydrogen-bond acceptors (Lipinski definition) is 5. The average molecular weight is 367 g/mol. The fourth-order valence-electron chi connectivity index (χ4n) is 3.02. The molecule has 0 saturated heterocycles. The molecule has 27 heavy (non-hydrogen) atoms. The maximum atomic E-state index is 14.8.